The fourth-order valence-electron chi connectivity index (χ4n) is 2.58. The summed E-state index contributed by atoms with van der Waals surface area (Å²) in [5, 5.41) is 2.82. The number of hydrogen-bond donors (Lipinski definition) is 1. The van der Waals surface area contributed by atoms with Gasteiger partial charge in [-0.15, -0.1) is 0 Å². The number of benzene rings is 1. The molecule has 22 heavy (non-hydrogen) atoms. The third kappa shape index (κ3) is 4.13. The summed E-state index contributed by atoms with van der Waals surface area (Å²) in [6.45, 7) is 0.475. The normalized spacial score (nSPS) is 19.6. The van der Waals surface area contributed by atoms with Crippen LogP contribution in [0.3, 0.4) is 0 Å². The molecule has 1 atom stereocenters. The summed E-state index contributed by atoms with van der Waals surface area (Å²) < 4.78 is 28.2. The number of carbonyl (C=O) groups excluding carboxylic acids is 1. The number of ether oxygens (including phenoxy) is 1. The maximum atomic E-state index is 12.1. The van der Waals surface area contributed by atoms with Gasteiger partial charge in [0.1, 0.15) is 5.75 Å². The Morgan fingerprint density at radius 1 is 1.41 bits per heavy atom. The predicted octanol–water partition coefficient (Wildman–Crippen LogP) is 1.07. The molecule has 6 nitrogen and oxygen atoms in total. The third-order valence-electron chi connectivity index (χ3n) is 3.94. The minimum Gasteiger partial charge on any atom is -0.496 e. The molecule has 122 valence electrons. The summed E-state index contributed by atoms with van der Waals surface area (Å²) in [5.41, 5.74) is 1.02. The lowest BCUT2D eigenvalue weighted by molar-refractivity contribution is 0.195. The SMILES string of the molecule is COc1ccccc1CCNC(=O)N(C)[C@@H]1CCS(=O)(=O)C1. The molecule has 1 aromatic rings. The summed E-state index contributed by atoms with van der Waals surface area (Å²) in [4.78, 5) is 13.6. The van der Waals surface area contributed by atoms with Crippen LogP contribution in [0, 0.1) is 0 Å². The molecule has 1 aliphatic heterocycles. The predicted molar refractivity (Wildman–Crippen MR) is 84.9 cm³/mol. The molecular formula is C15H22N2O4S. The highest BCUT2D eigenvalue weighted by molar-refractivity contribution is 7.91. The number of rotatable bonds is 5. The average molecular weight is 326 g/mol. The van der Waals surface area contributed by atoms with Gasteiger partial charge in [0.25, 0.3) is 0 Å². The van der Waals surface area contributed by atoms with Crippen LogP contribution in [-0.4, -0.2) is 57.6 Å². The van der Waals surface area contributed by atoms with Crippen LogP contribution < -0.4 is 10.1 Å². The Morgan fingerprint density at radius 2 is 2.14 bits per heavy atom. The zero-order chi connectivity index (χ0) is 16.2. The van der Waals surface area contributed by atoms with Crippen molar-refractivity contribution < 1.29 is 17.9 Å². The molecule has 0 aromatic heterocycles. The highest BCUT2D eigenvalue weighted by Gasteiger charge is 2.32. The number of methoxy groups -OCH3 is 1. The Kier molecular flexibility index (Phi) is 5.28. The lowest BCUT2D eigenvalue weighted by Gasteiger charge is -2.23. The maximum absolute atomic E-state index is 12.1. The van der Waals surface area contributed by atoms with Gasteiger partial charge in [-0.2, -0.15) is 0 Å². The van der Waals surface area contributed by atoms with Crippen molar-refractivity contribution in [3.05, 3.63) is 29.8 Å². The topological polar surface area (TPSA) is 75.7 Å². The molecule has 0 saturated carbocycles. The Labute approximate surface area is 131 Å². The monoisotopic (exact) mass is 326 g/mol. The summed E-state index contributed by atoms with van der Waals surface area (Å²) in [6, 6.07) is 7.20. The molecule has 7 heteroatoms. The Morgan fingerprint density at radius 3 is 2.77 bits per heavy atom. The van der Waals surface area contributed by atoms with E-state index >= 15 is 0 Å². The molecule has 0 spiro atoms. The summed E-state index contributed by atoms with van der Waals surface area (Å²) >= 11 is 0. The van der Waals surface area contributed by atoms with Crippen molar-refractivity contribution in [2.24, 2.45) is 0 Å². The molecule has 1 aliphatic rings. The van der Waals surface area contributed by atoms with Crippen molar-refractivity contribution in [2.45, 2.75) is 18.9 Å². The first-order valence-electron chi connectivity index (χ1n) is 7.26. The third-order valence-corrected chi connectivity index (χ3v) is 5.69. The second-order valence-electron chi connectivity index (χ2n) is 5.46. The molecule has 1 heterocycles. The number of hydrogen-bond acceptors (Lipinski definition) is 4. The van der Waals surface area contributed by atoms with Gasteiger partial charge >= 0.3 is 6.03 Å². The van der Waals surface area contributed by atoms with Crippen molar-refractivity contribution in [3.63, 3.8) is 0 Å². The van der Waals surface area contributed by atoms with E-state index in [-0.39, 0.29) is 23.6 Å². The fourth-order valence-corrected chi connectivity index (χ4v) is 4.36. The summed E-state index contributed by atoms with van der Waals surface area (Å²) in [6.07, 6.45) is 1.17. The number of para-hydroxylation sites is 1. The number of carbonyl (C=O) groups is 1. The van der Waals surface area contributed by atoms with Crippen LogP contribution in [0.1, 0.15) is 12.0 Å². The van der Waals surface area contributed by atoms with E-state index in [1.165, 1.54) is 4.90 Å². The number of sulfone groups is 1. The van der Waals surface area contributed by atoms with E-state index in [0.717, 1.165) is 11.3 Å². The second-order valence-corrected chi connectivity index (χ2v) is 7.69. The molecule has 0 radical (unpaired) electrons. The number of urea groups is 1. The highest BCUT2D eigenvalue weighted by Crippen LogP contribution is 2.18. The van der Waals surface area contributed by atoms with Crippen LogP contribution in [-0.2, 0) is 16.3 Å². The van der Waals surface area contributed by atoms with Crippen LogP contribution in [0.4, 0.5) is 4.79 Å². The van der Waals surface area contributed by atoms with Gasteiger partial charge in [0.2, 0.25) is 0 Å². The van der Waals surface area contributed by atoms with Crippen LogP contribution >= 0.6 is 0 Å². The van der Waals surface area contributed by atoms with Crippen molar-refractivity contribution in [3.8, 4) is 5.75 Å². The largest absolute Gasteiger partial charge is 0.496 e. The van der Waals surface area contributed by atoms with Gasteiger partial charge in [0.15, 0.2) is 9.84 Å². The van der Waals surface area contributed by atoms with Gasteiger partial charge in [-0.1, -0.05) is 18.2 Å². The first kappa shape index (κ1) is 16.6. The molecule has 1 N–H and O–H groups in total. The van der Waals surface area contributed by atoms with E-state index in [1.807, 2.05) is 24.3 Å². The van der Waals surface area contributed by atoms with Gasteiger partial charge < -0.3 is 15.0 Å². The quantitative estimate of drug-likeness (QED) is 0.878. The average Bonchev–Trinajstić information content (AvgIpc) is 2.87. The van der Waals surface area contributed by atoms with Gasteiger partial charge in [-0.3, -0.25) is 0 Å². The zero-order valence-electron chi connectivity index (χ0n) is 12.9. The fraction of sp³-hybridized carbons (Fsp3) is 0.533. The standard InChI is InChI=1S/C15H22N2O4S/c1-17(13-8-10-22(19,20)11-13)15(18)16-9-7-12-5-3-4-6-14(12)21-2/h3-6,13H,7-11H2,1-2H3,(H,16,18)/t13-/m1/s1. The number of nitrogens with one attached hydrogen (secondary N) is 1. The first-order valence-corrected chi connectivity index (χ1v) is 9.08. The van der Waals surface area contributed by atoms with E-state index in [4.69, 9.17) is 4.74 Å². The van der Waals surface area contributed by atoms with E-state index < -0.39 is 9.84 Å². The molecule has 1 aromatic carbocycles. The summed E-state index contributed by atoms with van der Waals surface area (Å²) in [5.74, 6) is 1.02. The van der Waals surface area contributed by atoms with Crippen LogP contribution in [0.25, 0.3) is 0 Å². The Balaban J connectivity index is 1.83. The maximum Gasteiger partial charge on any atom is 0.317 e. The number of amides is 2. The van der Waals surface area contributed by atoms with Gasteiger partial charge in [-0.25, -0.2) is 13.2 Å². The van der Waals surface area contributed by atoms with Gasteiger partial charge in [-0.05, 0) is 24.5 Å². The van der Waals surface area contributed by atoms with E-state index in [9.17, 15) is 13.2 Å². The van der Waals surface area contributed by atoms with Crippen LogP contribution in [0.5, 0.6) is 5.75 Å². The van der Waals surface area contributed by atoms with Crippen molar-refractivity contribution in [2.75, 3.05) is 32.2 Å². The number of nitrogens with zero attached hydrogens (tertiary/aromatic N) is 1. The molecule has 0 bridgehead atoms. The van der Waals surface area contributed by atoms with E-state index in [1.54, 1.807) is 14.2 Å². The molecule has 0 unspecified atom stereocenters. The van der Waals surface area contributed by atoms with Crippen molar-refractivity contribution in [1.29, 1.82) is 0 Å². The molecule has 2 amide bonds. The molecule has 2 rings (SSSR count). The second kappa shape index (κ2) is 7.00. The van der Waals surface area contributed by atoms with Crippen molar-refractivity contribution in [1.82, 2.24) is 10.2 Å². The van der Waals surface area contributed by atoms with E-state index in [0.29, 0.717) is 19.4 Å². The summed E-state index contributed by atoms with van der Waals surface area (Å²) in [7, 11) is 0.275. The molecule has 1 fully saturated rings. The van der Waals surface area contributed by atoms with E-state index in [2.05, 4.69) is 5.32 Å². The lowest BCUT2D eigenvalue weighted by atomic mass is 10.1. The van der Waals surface area contributed by atoms with Gasteiger partial charge in [0, 0.05) is 19.6 Å². The first-order chi connectivity index (χ1) is 10.4. The highest BCUT2D eigenvalue weighted by atomic mass is 32.2. The Hall–Kier alpha value is -1.76. The molecule has 1 saturated heterocycles. The lowest BCUT2D eigenvalue weighted by Crippen LogP contribution is -2.44. The van der Waals surface area contributed by atoms with Crippen LogP contribution in [0.15, 0.2) is 24.3 Å². The minimum absolute atomic E-state index is 0.0590. The molecule has 0 aliphatic carbocycles. The molecular weight excluding hydrogens is 304 g/mol. The zero-order valence-corrected chi connectivity index (χ0v) is 13.7. The van der Waals surface area contributed by atoms with Gasteiger partial charge in [0.05, 0.1) is 18.6 Å². The van der Waals surface area contributed by atoms with Crippen molar-refractivity contribution >= 4 is 15.9 Å². The minimum atomic E-state index is -2.98. The smallest absolute Gasteiger partial charge is 0.317 e. The Bertz CT molecular complexity index is 630. The van der Waals surface area contributed by atoms with Crippen LogP contribution in [0.2, 0.25) is 0 Å².